The maximum absolute atomic E-state index is 5.60. The highest BCUT2D eigenvalue weighted by atomic mass is 32.1. The average molecular weight is 401 g/mol. The SMILES string of the molecule is CCOc1ccccc1/C=N\NC(=S)Nc1cccc2cc3ccccc3nc12. The summed E-state index contributed by atoms with van der Waals surface area (Å²) in [4.78, 5) is 4.79. The monoisotopic (exact) mass is 400 g/mol. The number of aromatic nitrogens is 1. The molecule has 5 nitrogen and oxygen atoms in total. The van der Waals surface area contributed by atoms with E-state index in [1.54, 1.807) is 6.21 Å². The fraction of sp³-hybridized carbons (Fsp3) is 0.0870. The Morgan fingerprint density at radius 1 is 1.03 bits per heavy atom. The van der Waals surface area contributed by atoms with Crippen molar-refractivity contribution >= 4 is 51.0 Å². The summed E-state index contributed by atoms with van der Waals surface area (Å²) in [5.41, 5.74) is 6.37. The van der Waals surface area contributed by atoms with Crippen molar-refractivity contribution in [3.63, 3.8) is 0 Å². The number of benzene rings is 3. The molecule has 0 saturated carbocycles. The number of hydrogen-bond acceptors (Lipinski definition) is 4. The lowest BCUT2D eigenvalue weighted by Gasteiger charge is -2.11. The van der Waals surface area contributed by atoms with E-state index in [9.17, 15) is 0 Å². The van der Waals surface area contributed by atoms with Gasteiger partial charge in [-0.15, -0.1) is 0 Å². The summed E-state index contributed by atoms with van der Waals surface area (Å²) < 4.78 is 5.60. The van der Waals surface area contributed by atoms with E-state index in [1.165, 1.54) is 0 Å². The third kappa shape index (κ3) is 4.33. The van der Waals surface area contributed by atoms with Crippen molar-refractivity contribution in [2.24, 2.45) is 5.10 Å². The van der Waals surface area contributed by atoms with Crippen LogP contribution in [0.1, 0.15) is 12.5 Å². The fourth-order valence-electron chi connectivity index (χ4n) is 3.09. The summed E-state index contributed by atoms with van der Waals surface area (Å²) in [5, 5.41) is 9.96. The third-order valence-electron chi connectivity index (χ3n) is 4.38. The van der Waals surface area contributed by atoms with Crippen LogP contribution >= 0.6 is 12.2 Å². The number of nitrogens with one attached hydrogen (secondary N) is 2. The molecule has 0 spiro atoms. The third-order valence-corrected chi connectivity index (χ3v) is 4.58. The summed E-state index contributed by atoms with van der Waals surface area (Å²) in [6.45, 7) is 2.55. The van der Waals surface area contributed by atoms with Crippen molar-refractivity contribution in [3.05, 3.63) is 78.4 Å². The Morgan fingerprint density at radius 2 is 1.83 bits per heavy atom. The molecule has 144 valence electrons. The van der Waals surface area contributed by atoms with Crippen LogP contribution in [0.3, 0.4) is 0 Å². The molecular formula is C23H20N4OS. The topological polar surface area (TPSA) is 58.5 Å². The zero-order valence-electron chi connectivity index (χ0n) is 15.9. The first-order valence-electron chi connectivity index (χ1n) is 9.35. The van der Waals surface area contributed by atoms with Gasteiger partial charge in [0.2, 0.25) is 0 Å². The van der Waals surface area contributed by atoms with Crippen molar-refractivity contribution in [2.45, 2.75) is 6.92 Å². The molecule has 0 atom stereocenters. The summed E-state index contributed by atoms with van der Waals surface area (Å²) in [6, 6.07) is 23.9. The molecule has 6 heteroatoms. The summed E-state index contributed by atoms with van der Waals surface area (Å²) in [5.74, 6) is 0.782. The van der Waals surface area contributed by atoms with E-state index in [1.807, 2.05) is 67.6 Å². The van der Waals surface area contributed by atoms with Gasteiger partial charge in [0.1, 0.15) is 5.75 Å². The van der Waals surface area contributed by atoms with E-state index in [0.29, 0.717) is 11.7 Å². The largest absolute Gasteiger partial charge is 0.493 e. The first-order chi connectivity index (χ1) is 14.2. The number of para-hydroxylation sites is 3. The van der Waals surface area contributed by atoms with E-state index in [0.717, 1.165) is 38.8 Å². The Hall–Kier alpha value is -3.51. The van der Waals surface area contributed by atoms with Gasteiger partial charge in [0, 0.05) is 16.3 Å². The van der Waals surface area contributed by atoms with Crippen molar-refractivity contribution in [2.75, 3.05) is 11.9 Å². The minimum absolute atomic E-state index is 0.387. The number of hydrogen-bond donors (Lipinski definition) is 2. The lowest BCUT2D eigenvalue weighted by Crippen LogP contribution is -2.24. The van der Waals surface area contributed by atoms with Crippen LogP contribution in [0, 0.1) is 0 Å². The molecule has 0 radical (unpaired) electrons. The molecule has 3 aromatic carbocycles. The molecule has 2 N–H and O–H groups in total. The Balaban J connectivity index is 1.51. The van der Waals surface area contributed by atoms with Crippen LogP contribution in [-0.4, -0.2) is 22.9 Å². The first kappa shape index (κ1) is 18.8. The van der Waals surface area contributed by atoms with Crippen molar-refractivity contribution in [3.8, 4) is 5.75 Å². The van der Waals surface area contributed by atoms with Crippen molar-refractivity contribution < 1.29 is 4.74 Å². The molecule has 4 aromatic rings. The number of fused-ring (bicyclic) bond motifs is 2. The maximum Gasteiger partial charge on any atom is 0.191 e. The van der Waals surface area contributed by atoms with Gasteiger partial charge in [-0.05, 0) is 49.5 Å². The number of rotatable bonds is 5. The number of thiocarbonyl (C=S) groups is 1. The maximum atomic E-state index is 5.60. The van der Waals surface area contributed by atoms with Gasteiger partial charge in [-0.3, -0.25) is 5.43 Å². The van der Waals surface area contributed by atoms with Crippen LogP contribution in [0.15, 0.2) is 77.9 Å². The smallest absolute Gasteiger partial charge is 0.191 e. The number of hydrazone groups is 1. The molecule has 29 heavy (non-hydrogen) atoms. The molecule has 4 rings (SSSR count). The molecule has 0 amide bonds. The van der Waals surface area contributed by atoms with Crippen LogP contribution in [0.4, 0.5) is 5.69 Å². The highest BCUT2D eigenvalue weighted by Crippen LogP contribution is 2.25. The molecule has 0 unspecified atom stereocenters. The molecule has 0 aliphatic carbocycles. The molecule has 0 aliphatic heterocycles. The number of nitrogens with zero attached hydrogens (tertiary/aromatic N) is 2. The number of ether oxygens (including phenoxy) is 1. The van der Waals surface area contributed by atoms with Gasteiger partial charge in [-0.25, -0.2) is 4.98 Å². The number of anilines is 1. The number of pyridine rings is 1. The van der Waals surface area contributed by atoms with Crippen LogP contribution in [-0.2, 0) is 0 Å². The van der Waals surface area contributed by atoms with Crippen LogP contribution < -0.4 is 15.5 Å². The molecule has 0 aliphatic rings. The summed E-state index contributed by atoms with van der Waals surface area (Å²) in [6.07, 6.45) is 1.69. The standard InChI is InChI=1S/C23H20N4OS/c1-2-28-21-13-6-4-9-18(21)15-24-27-23(29)26-20-12-7-10-17-14-16-8-3-5-11-19(16)25-22(17)20/h3-15H,2H2,1H3,(H2,26,27,29)/b24-15-. The van der Waals surface area contributed by atoms with E-state index in [-0.39, 0.29) is 0 Å². The minimum Gasteiger partial charge on any atom is -0.493 e. The van der Waals surface area contributed by atoms with Gasteiger partial charge in [0.15, 0.2) is 5.11 Å². The van der Waals surface area contributed by atoms with E-state index in [2.05, 4.69) is 28.0 Å². The average Bonchev–Trinajstić information content (AvgIpc) is 2.74. The second kappa shape index (κ2) is 8.67. The van der Waals surface area contributed by atoms with Gasteiger partial charge in [0.05, 0.1) is 29.5 Å². The Bertz CT molecular complexity index is 1210. The second-order valence-corrected chi connectivity index (χ2v) is 6.76. The fourth-order valence-corrected chi connectivity index (χ4v) is 3.25. The van der Waals surface area contributed by atoms with Gasteiger partial charge in [-0.1, -0.05) is 42.5 Å². The van der Waals surface area contributed by atoms with E-state index >= 15 is 0 Å². The van der Waals surface area contributed by atoms with Crippen LogP contribution in [0.2, 0.25) is 0 Å². The Kier molecular flexibility index (Phi) is 5.63. The quantitative estimate of drug-likeness (QED) is 0.211. The highest BCUT2D eigenvalue weighted by molar-refractivity contribution is 7.80. The first-order valence-corrected chi connectivity index (χ1v) is 9.76. The molecular weight excluding hydrogens is 380 g/mol. The molecule has 0 bridgehead atoms. The van der Waals surface area contributed by atoms with Crippen LogP contribution in [0.5, 0.6) is 5.75 Å². The molecule has 0 fully saturated rings. The lowest BCUT2D eigenvalue weighted by molar-refractivity contribution is 0.340. The summed E-state index contributed by atoms with van der Waals surface area (Å²) >= 11 is 5.40. The molecule has 1 aromatic heterocycles. The second-order valence-electron chi connectivity index (χ2n) is 6.35. The molecule has 1 heterocycles. The van der Waals surface area contributed by atoms with Gasteiger partial charge < -0.3 is 10.1 Å². The van der Waals surface area contributed by atoms with E-state index in [4.69, 9.17) is 21.9 Å². The normalized spacial score (nSPS) is 11.1. The van der Waals surface area contributed by atoms with Gasteiger partial charge >= 0.3 is 0 Å². The predicted octanol–water partition coefficient (Wildman–Crippen LogP) is 5.11. The minimum atomic E-state index is 0.387. The van der Waals surface area contributed by atoms with E-state index < -0.39 is 0 Å². The Labute approximate surface area is 174 Å². The zero-order chi connectivity index (χ0) is 20.1. The van der Waals surface area contributed by atoms with Crippen LogP contribution in [0.25, 0.3) is 21.8 Å². The zero-order valence-corrected chi connectivity index (χ0v) is 16.7. The van der Waals surface area contributed by atoms with Gasteiger partial charge in [0.25, 0.3) is 0 Å². The molecule has 0 saturated heterocycles. The summed E-state index contributed by atoms with van der Waals surface area (Å²) in [7, 11) is 0. The Morgan fingerprint density at radius 3 is 2.72 bits per heavy atom. The van der Waals surface area contributed by atoms with Crippen molar-refractivity contribution in [1.82, 2.24) is 10.4 Å². The lowest BCUT2D eigenvalue weighted by atomic mass is 10.1. The van der Waals surface area contributed by atoms with Crippen molar-refractivity contribution in [1.29, 1.82) is 0 Å². The van der Waals surface area contributed by atoms with Gasteiger partial charge in [-0.2, -0.15) is 5.10 Å². The highest BCUT2D eigenvalue weighted by Gasteiger charge is 2.06. The predicted molar refractivity (Wildman–Crippen MR) is 124 cm³/mol.